The van der Waals surface area contributed by atoms with Gasteiger partial charge in [0.2, 0.25) is 0 Å². The molecule has 0 radical (unpaired) electrons. The molecule has 3 aromatic rings. The van der Waals surface area contributed by atoms with E-state index in [0.29, 0.717) is 19.6 Å². The fourth-order valence-corrected chi connectivity index (χ4v) is 2.87. The van der Waals surface area contributed by atoms with E-state index in [1.165, 1.54) is 16.8 Å². The summed E-state index contributed by atoms with van der Waals surface area (Å²) in [6.45, 7) is 3.23. The Morgan fingerprint density at radius 1 is 1.00 bits per heavy atom. The zero-order valence-corrected chi connectivity index (χ0v) is 16.0. The molecular formula is C22H23N3O3. The normalized spacial score (nSPS) is 10.5. The number of carbonyl (C=O) groups is 1. The second-order valence-corrected chi connectivity index (χ2v) is 6.37. The molecule has 6 nitrogen and oxygen atoms in total. The molecule has 28 heavy (non-hydrogen) atoms. The molecule has 2 aromatic carbocycles. The molecule has 1 heterocycles. The minimum absolute atomic E-state index is 0.208. The molecule has 0 spiro atoms. The van der Waals surface area contributed by atoms with Crippen molar-refractivity contribution in [3.05, 3.63) is 93.9 Å². The average Bonchev–Trinajstić information content (AvgIpc) is 2.74. The van der Waals surface area contributed by atoms with E-state index in [1.54, 1.807) is 12.0 Å². The third-order valence-corrected chi connectivity index (χ3v) is 4.46. The number of benzene rings is 2. The molecule has 0 aliphatic rings. The fraction of sp³-hybridized carbons (Fsp3) is 0.227. The van der Waals surface area contributed by atoms with E-state index < -0.39 is 0 Å². The SMILES string of the molecule is CCN(Cc1ccc(OC)cc1)C(=O)c1ccc(=O)n(Cc2ccccc2)n1. The molecule has 0 bridgehead atoms. The topological polar surface area (TPSA) is 64.4 Å². The van der Waals surface area contributed by atoms with Crippen molar-refractivity contribution in [2.24, 2.45) is 0 Å². The van der Waals surface area contributed by atoms with Crippen LogP contribution in [0.25, 0.3) is 0 Å². The molecular weight excluding hydrogens is 354 g/mol. The molecule has 1 amide bonds. The molecule has 144 valence electrons. The van der Waals surface area contributed by atoms with E-state index in [9.17, 15) is 9.59 Å². The van der Waals surface area contributed by atoms with Gasteiger partial charge in [-0.3, -0.25) is 9.59 Å². The van der Waals surface area contributed by atoms with Gasteiger partial charge in [-0.1, -0.05) is 42.5 Å². The zero-order valence-electron chi connectivity index (χ0n) is 16.0. The molecule has 3 rings (SSSR count). The van der Waals surface area contributed by atoms with Crippen molar-refractivity contribution in [2.75, 3.05) is 13.7 Å². The number of methoxy groups -OCH3 is 1. The molecule has 1 aromatic heterocycles. The molecule has 0 N–H and O–H groups in total. The zero-order chi connectivity index (χ0) is 19.9. The van der Waals surface area contributed by atoms with Gasteiger partial charge in [0.1, 0.15) is 11.4 Å². The first kappa shape index (κ1) is 19.4. The second-order valence-electron chi connectivity index (χ2n) is 6.37. The summed E-state index contributed by atoms with van der Waals surface area (Å²) in [5.41, 5.74) is 1.96. The van der Waals surface area contributed by atoms with Gasteiger partial charge in [-0.15, -0.1) is 0 Å². The third kappa shape index (κ3) is 4.65. The van der Waals surface area contributed by atoms with Crippen LogP contribution in [0.4, 0.5) is 0 Å². The van der Waals surface area contributed by atoms with E-state index in [1.807, 2.05) is 61.5 Å². The highest BCUT2D eigenvalue weighted by Crippen LogP contribution is 2.14. The molecule has 0 unspecified atom stereocenters. The number of amides is 1. The maximum atomic E-state index is 12.9. The van der Waals surface area contributed by atoms with Crippen molar-refractivity contribution >= 4 is 5.91 Å². The second kappa shape index (κ2) is 8.99. The Balaban J connectivity index is 1.79. The van der Waals surface area contributed by atoms with Gasteiger partial charge < -0.3 is 9.64 Å². The van der Waals surface area contributed by atoms with Crippen LogP contribution < -0.4 is 10.3 Å². The number of nitrogens with zero attached hydrogens (tertiary/aromatic N) is 3. The summed E-state index contributed by atoms with van der Waals surface area (Å²) >= 11 is 0. The Hall–Kier alpha value is -3.41. The van der Waals surface area contributed by atoms with Gasteiger partial charge in [0.05, 0.1) is 13.7 Å². The summed E-state index contributed by atoms with van der Waals surface area (Å²) in [6, 6.07) is 20.0. The van der Waals surface area contributed by atoms with Crippen molar-refractivity contribution < 1.29 is 9.53 Å². The lowest BCUT2D eigenvalue weighted by Crippen LogP contribution is -2.33. The molecule has 0 aliphatic heterocycles. The van der Waals surface area contributed by atoms with Crippen LogP contribution in [0.3, 0.4) is 0 Å². The van der Waals surface area contributed by atoms with Gasteiger partial charge in [0.25, 0.3) is 11.5 Å². The summed E-state index contributed by atoms with van der Waals surface area (Å²) in [4.78, 5) is 26.8. The highest BCUT2D eigenvalue weighted by atomic mass is 16.5. The van der Waals surface area contributed by atoms with Crippen molar-refractivity contribution in [1.82, 2.24) is 14.7 Å². The summed E-state index contributed by atoms with van der Waals surface area (Å²) < 4.78 is 6.49. The summed E-state index contributed by atoms with van der Waals surface area (Å²) in [5.74, 6) is 0.563. The predicted octanol–water partition coefficient (Wildman–Crippen LogP) is 2.96. The molecule has 0 fully saturated rings. The summed E-state index contributed by atoms with van der Waals surface area (Å²) in [7, 11) is 1.62. The van der Waals surface area contributed by atoms with Crippen LogP contribution >= 0.6 is 0 Å². The maximum absolute atomic E-state index is 12.9. The van der Waals surface area contributed by atoms with Crippen LogP contribution in [-0.2, 0) is 13.1 Å². The fourth-order valence-electron chi connectivity index (χ4n) is 2.87. The lowest BCUT2D eigenvalue weighted by Gasteiger charge is -2.21. The summed E-state index contributed by atoms with van der Waals surface area (Å²) in [6.07, 6.45) is 0. The lowest BCUT2D eigenvalue weighted by atomic mass is 10.2. The molecule has 0 atom stereocenters. The van der Waals surface area contributed by atoms with Crippen molar-refractivity contribution in [1.29, 1.82) is 0 Å². The quantitative estimate of drug-likeness (QED) is 0.635. The highest BCUT2D eigenvalue weighted by molar-refractivity contribution is 5.92. The van der Waals surface area contributed by atoms with E-state index in [-0.39, 0.29) is 17.2 Å². The smallest absolute Gasteiger partial charge is 0.274 e. The van der Waals surface area contributed by atoms with Crippen LogP contribution in [0.2, 0.25) is 0 Å². The lowest BCUT2D eigenvalue weighted by molar-refractivity contribution is 0.0744. The Bertz CT molecular complexity index is 982. The van der Waals surface area contributed by atoms with Crippen molar-refractivity contribution in [3.8, 4) is 5.75 Å². The first-order valence-electron chi connectivity index (χ1n) is 9.15. The third-order valence-electron chi connectivity index (χ3n) is 4.46. The van der Waals surface area contributed by atoms with E-state index in [2.05, 4.69) is 5.10 Å². The Morgan fingerprint density at radius 2 is 1.71 bits per heavy atom. The Labute approximate surface area is 164 Å². The molecule has 0 aliphatic carbocycles. The largest absolute Gasteiger partial charge is 0.497 e. The van der Waals surface area contributed by atoms with Crippen molar-refractivity contribution in [3.63, 3.8) is 0 Å². The minimum Gasteiger partial charge on any atom is -0.497 e. The predicted molar refractivity (Wildman–Crippen MR) is 107 cm³/mol. The Morgan fingerprint density at radius 3 is 2.36 bits per heavy atom. The van der Waals surface area contributed by atoms with Gasteiger partial charge in [-0.25, -0.2) is 4.68 Å². The van der Waals surface area contributed by atoms with Crippen LogP contribution in [0.5, 0.6) is 5.75 Å². The molecule has 0 saturated heterocycles. The van der Waals surface area contributed by atoms with E-state index >= 15 is 0 Å². The molecule has 0 saturated carbocycles. The maximum Gasteiger partial charge on any atom is 0.274 e. The van der Waals surface area contributed by atoms with Crippen LogP contribution in [0, 0.1) is 0 Å². The van der Waals surface area contributed by atoms with Gasteiger partial charge in [-0.05, 0) is 36.2 Å². The number of rotatable bonds is 7. The van der Waals surface area contributed by atoms with Crippen molar-refractivity contribution in [2.45, 2.75) is 20.0 Å². The average molecular weight is 377 g/mol. The monoisotopic (exact) mass is 377 g/mol. The summed E-state index contributed by atoms with van der Waals surface area (Å²) in [5, 5.41) is 4.30. The van der Waals surface area contributed by atoms with E-state index in [4.69, 9.17) is 4.74 Å². The first-order chi connectivity index (χ1) is 13.6. The van der Waals surface area contributed by atoms with Crippen LogP contribution in [0.1, 0.15) is 28.5 Å². The number of hydrogen-bond acceptors (Lipinski definition) is 4. The van der Waals surface area contributed by atoms with E-state index in [0.717, 1.165) is 16.9 Å². The number of hydrogen-bond donors (Lipinski definition) is 0. The standard InChI is InChI=1S/C22H23N3O3/c1-3-24(15-18-9-11-19(28-2)12-10-18)22(27)20-13-14-21(26)25(23-20)16-17-7-5-4-6-8-17/h4-14H,3,15-16H2,1-2H3. The van der Waals surface area contributed by atoms with Gasteiger partial charge in [0.15, 0.2) is 0 Å². The van der Waals surface area contributed by atoms with Gasteiger partial charge in [-0.2, -0.15) is 5.10 Å². The first-order valence-corrected chi connectivity index (χ1v) is 9.15. The number of carbonyl (C=O) groups excluding carboxylic acids is 1. The van der Waals surface area contributed by atoms with Crippen LogP contribution in [-0.4, -0.2) is 34.2 Å². The number of aromatic nitrogens is 2. The highest BCUT2D eigenvalue weighted by Gasteiger charge is 2.17. The molecule has 6 heteroatoms. The van der Waals surface area contributed by atoms with Crippen LogP contribution in [0.15, 0.2) is 71.5 Å². The number of ether oxygens (including phenoxy) is 1. The van der Waals surface area contributed by atoms with Gasteiger partial charge in [0, 0.05) is 19.2 Å². The minimum atomic E-state index is -0.237. The Kier molecular flexibility index (Phi) is 6.22. The van der Waals surface area contributed by atoms with Gasteiger partial charge >= 0.3 is 0 Å².